The Balaban J connectivity index is 1.74. The summed E-state index contributed by atoms with van der Waals surface area (Å²) in [5.41, 5.74) is 2.64. The second kappa shape index (κ2) is 8.16. The minimum atomic E-state index is -0.312. The molecule has 0 atom stereocenters. The van der Waals surface area contributed by atoms with E-state index in [1.165, 1.54) is 6.20 Å². The first-order valence-corrected chi connectivity index (χ1v) is 9.24. The molecule has 144 valence electrons. The summed E-state index contributed by atoms with van der Waals surface area (Å²) in [6.07, 6.45) is 3.19. The average Bonchev–Trinajstić information content (AvgIpc) is 3.22. The number of carbonyl (C=O) groups excluding carboxylic acids is 1. The van der Waals surface area contributed by atoms with Crippen molar-refractivity contribution in [2.75, 3.05) is 12.4 Å². The Morgan fingerprint density at radius 1 is 1.03 bits per heavy atom. The van der Waals surface area contributed by atoms with Gasteiger partial charge in [0, 0.05) is 18.0 Å². The number of hydrogen-bond donors (Lipinski definition) is 1. The predicted molar refractivity (Wildman–Crippen MR) is 113 cm³/mol. The molecule has 2 aromatic carbocycles. The summed E-state index contributed by atoms with van der Waals surface area (Å²) in [5, 5.41) is 7.95. The van der Waals surface area contributed by atoms with Gasteiger partial charge in [-0.15, -0.1) is 0 Å². The molecular weight excluding hydrogens is 388 g/mol. The molecule has 0 unspecified atom stereocenters. The van der Waals surface area contributed by atoms with Gasteiger partial charge in [-0.2, -0.15) is 5.10 Å². The second-order valence-corrected chi connectivity index (χ2v) is 6.65. The minimum absolute atomic E-state index is 0.312. The van der Waals surface area contributed by atoms with Crippen LogP contribution in [-0.4, -0.2) is 27.8 Å². The number of ether oxygens (including phenoxy) is 1. The molecule has 2 heterocycles. The van der Waals surface area contributed by atoms with E-state index in [0.717, 1.165) is 17.0 Å². The van der Waals surface area contributed by atoms with E-state index in [4.69, 9.17) is 16.3 Å². The molecule has 1 amide bonds. The van der Waals surface area contributed by atoms with Crippen molar-refractivity contribution in [2.24, 2.45) is 0 Å². The molecule has 29 heavy (non-hydrogen) atoms. The zero-order valence-corrected chi connectivity index (χ0v) is 16.3. The molecule has 0 aliphatic heterocycles. The third-order valence-electron chi connectivity index (χ3n) is 4.31. The van der Waals surface area contributed by atoms with E-state index >= 15 is 0 Å². The fraction of sp³-hybridized carbons (Fsp3) is 0.0455. The van der Waals surface area contributed by atoms with Gasteiger partial charge in [-0.25, -0.2) is 9.67 Å². The van der Waals surface area contributed by atoms with Crippen molar-refractivity contribution in [1.29, 1.82) is 0 Å². The van der Waals surface area contributed by atoms with Crippen LogP contribution in [0.3, 0.4) is 0 Å². The van der Waals surface area contributed by atoms with Gasteiger partial charge in [0.25, 0.3) is 5.91 Å². The summed E-state index contributed by atoms with van der Waals surface area (Å²) in [7, 11) is 1.61. The monoisotopic (exact) mass is 404 g/mol. The molecule has 4 aromatic rings. The van der Waals surface area contributed by atoms with Crippen LogP contribution in [0.1, 0.15) is 10.4 Å². The SMILES string of the molecule is COc1ccc(-c2nn(-c3ccccc3)cc2C(=O)Nc2ccc(Cl)cn2)cc1. The number of pyridine rings is 1. The van der Waals surface area contributed by atoms with Crippen molar-refractivity contribution >= 4 is 23.3 Å². The molecule has 0 aliphatic carbocycles. The predicted octanol–water partition coefficient (Wildman–Crippen LogP) is 4.85. The fourth-order valence-corrected chi connectivity index (χ4v) is 2.96. The van der Waals surface area contributed by atoms with Crippen LogP contribution in [0, 0.1) is 0 Å². The number of para-hydroxylation sites is 1. The summed E-state index contributed by atoms with van der Waals surface area (Å²) < 4.78 is 6.91. The number of benzene rings is 2. The minimum Gasteiger partial charge on any atom is -0.497 e. The van der Waals surface area contributed by atoms with E-state index in [1.54, 1.807) is 30.1 Å². The first-order chi connectivity index (χ1) is 14.1. The number of halogens is 1. The highest BCUT2D eigenvalue weighted by Gasteiger charge is 2.19. The van der Waals surface area contributed by atoms with Gasteiger partial charge >= 0.3 is 0 Å². The quantitative estimate of drug-likeness (QED) is 0.516. The molecule has 0 fully saturated rings. The van der Waals surface area contributed by atoms with Crippen LogP contribution in [0.25, 0.3) is 16.9 Å². The number of carbonyl (C=O) groups is 1. The Hall–Kier alpha value is -3.64. The first-order valence-electron chi connectivity index (χ1n) is 8.86. The lowest BCUT2D eigenvalue weighted by Crippen LogP contribution is -2.13. The molecule has 7 heteroatoms. The molecule has 4 rings (SSSR count). The third-order valence-corrected chi connectivity index (χ3v) is 4.54. The molecular formula is C22H17ClN4O2. The van der Waals surface area contributed by atoms with Gasteiger partial charge in [-0.1, -0.05) is 29.8 Å². The van der Waals surface area contributed by atoms with E-state index in [2.05, 4.69) is 15.4 Å². The van der Waals surface area contributed by atoms with Crippen LogP contribution in [0.15, 0.2) is 79.1 Å². The van der Waals surface area contributed by atoms with E-state index in [9.17, 15) is 4.79 Å². The van der Waals surface area contributed by atoms with E-state index in [-0.39, 0.29) is 5.91 Å². The van der Waals surface area contributed by atoms with Crippen molar-refractivity contribution in [1.82, 2.24) is 14.8 Å². The molecule has 0 spiro atoms. The Bertz CT molecular complexity index is 1120. The van der Waals surface area contributed by atoms with Crippen LogP contribution in [0.5, 0.6) is 5.75 Å². The smallest absolute Gasteiger partial charge is 0.260 e. The largest absolute Gasteiger partial charge is 0.497 e. The average molecular weight is 405 g/mol. The summed E-state index contributed by atoms with van der Waals surface area (Å²) in [6, 6.07) is 20.3. The molecule has 2 aromatic heterocycles. The molecule has 0 saturated carbocycles. The van der Waals surface area contributed by atoms with Crippen molar-refractivity contribution in [3.63, 3.8) is 0 Å². The number of anilines is 1. The van der Waals surface area contributed by atoms with Crippen LogP contribution in [0.4, 0.5) is 5.82 Å². The molecule has 6 nitrogen and oxygen atoms in total. The number of nitrogens with one attached hydrogen (secondary N) is 1. The maximum Gasteiger partial charge on any atom is 0.260 e. The van der Waals surface area contributed by atoms with E-state index in [1.807, 2.05) is 54.6 Å². The van der Waals surface area contributed by atoms with Gasteiger partial charge < -0.3 is 10.1 Å². The summed E-state index contributed by atoms with van der Waals surface area (Å²) in [5.74, 6) is 0.827. The van der Waals surface area contributed by atoms with Crippen LogP contribution < -0.4 is 10.1 Å². The van der Waals surface area contributed by atoms with Crippen LogP contribution in [-0.2, 0) is 0 Å². The third kappa shape index (κ3) is 4.12. The highest BCUT2D eigenvalue weighted by atomic mass is 35.5. The highest BCUT2D eigenvalue weighted by molar-refractivity contribution is 6.30. The molecule has 0 aliphatic rings. The summed E-state index contributed by atoms with van der Waals surface area (Å²) >= 11 is 5.87. The maximum atomic E-state index is 13.0. The van der Waals surface area contributed by atoms with Crippen molar-refractivity contribution in [2.45, 2.75) is 0 Å². The Morgan fingerprint density at radius 3 is 2.45 bits per heavy atom. The Labute approximate surface area is 172 Å². The first kappa shape index (κ1) is 18.7. The number of hydrogen-bond acceptors (Lipinski definition) is 4. The van der Waals surface area contributed by atoms with Gasteiger partial charge in [0.05, 0.1) is 23.4 Å². The van der Waals surface area contributed by atoms with E-state index < -0.39 is 0 Å². The van der Waals surface area contributed by atoms with Crippen molar-refractivity contribution < 1.29 is 9.53 Å². The maximum absolute atomic E-state index is 13.0. The molecule has 0 bridgehead atoms. The van der Waals surface area contributed by atoms with E-state index in [0.29, 0.717) is 22.1 Å². The number of methoxy groups -OCH3 is 1. The van der Waals surface area contributed by atoms with Gasteiger partial charge in [-0.3, -0.25) is 4.79 Å². The second-order valence-electron chi connectivity index (χ2n) is 6.22. The lowest BCUT2D eigenvalue weighted by Gasteiger charge is -2.05. The zero-order valence-electron chi connectivity index (χ0n) is 15.5. The van der Waals surface area contributed by atoms with Crippen molar-refractivity contribution in [3.8, 4) is 22.7 Å². The normalized spacial score (nSPS) is 10.6. The van der Waals surface area contributed by atoms with Crippen molar-refractivity contribution in [3.05, 3.63) is 89.7 Å². The fourth-order valence-electron chi connectivity index (χ4n) is 2.85. The van der Waals surface area contributed by atoms with Gasteiger partial charge in [0.15, 0.2) is 0 Å². The number of aromatic nitrogens is 3. The summed E-state index contributed by atoms with van der Waals surface area (Å²) in [6.45, 7) is 0. The molecule has 1 N–H and O–H groups in total. The van der Waals surface area contributed by atoms with Gasteiger partial charge in [0.2, 0.25) is 0 Å². The Kier molecular flexibility index (Phi) is 5.27. The zero-order chi connectivity index (χ0) is 20.2. The highest BCUT2D eigenvalue weighted by Crippen LogP contribution is 2.26. The van der Waals surface area contributed by atoms with Gasteiger partial charge in [0.1, 0.15) is 17.3 Å². The standard InChI is InChI=1S/C22H17ClN4O2/c1-29-18-10-7-15(8-11-18)21-19(14-27(26-21)17-5-3-2-4-6-17)22(28)25-20-12-9-16(23)13-24-20/h2-14H,1H3,(H,24,25,28). The number of nitrogens with zero attached hydrogens (tertiary/aromatic N) is 3. The molecule has 0 radical (unpaired) electrons. The van der Waals surface area contributed by atoms with Crippen LogP contribution in [0.2, 0.25) is 5.02 Å². The lowest BCUT2D eigenvalue weighted by molar-refractivity contribution is 0.102. The Morgan fingerprint density at radius 2 is 1.79 bits per heavy atom. The molecule has 0 saturated heterocycles. The van der Waals surface area contributed by atoms with Gasteiger partial charge in [-0.05, 0) is 48.5 Å². The number of rotatable bonds is 5. The number of amides is 1. The summed E-state index contributed by atoms with van der Waals surface area (Å²) in [4.78, 5) is 17.1. The van der Waals surface area contributed by atoms with Crippen LogP contribution >= 0.6 is 11.6 Å². The topological polar surface area (TPSA) is 69.0 Å². The lowest BCUT2D eigenvalue weighted by atomic mass is 10.1.